The normalized spacial score (nSPS) is 12.0. The highest BCUT2D eigenvalue weighted by molar-refractivity contribution is 5.88. The Bertz CT molecular complexity index is 472. The van der Waals surface area contributed by atoms with Crippen molar-refractivity contribution in [3.63, 3.8) is 0 Å². The van der Waals surface area contributed by atoms with E-state index in [1.54, 1.807) is 25.1 Å². The maximum Gasteiger partial charge on any atom is 0.242 e. The van der Waals surface area contributed by atoms with Crippen molar-refractivity contribution in [1.82, 2.24) is 10.6 Å². The van der Waals surface area contributed by atoms with Crippen LogP contribution < -0.4 is 10.6 Å². The van der Waals surface area contributed by atoms with Crippen LogP contribution in [0.3, 0.4) is 0 Å². The predicted molar refractivity (Wildman–Crippen MR) is 77.3 cm³/mol. The summed E-state index contributed by atoms with van der Waals surface area (Å²) >= 11 is 0. The van der Waals surface area contributed by atoms with Gasteiger partial charge in [0.1, 0.15) is 11.8 Å². The Hall–Kier alpha value is -2.04. The van der Waals surface area contributed by atoms with Crippen LogP contribution in [0.4, 0.5) is 0 Å². The Kier molecular flexibility index (Phi) is 6.03. The molecule has 110 valence electrons. The van der Waals surface area contributed by atoms with Crippen molar-refractivity contribution < 1.29 is 14.7 Å². The van der Waals surface area contributed by atoms with Crippen LogP contribution in [0.2, 0.25) is 0 Å². The zero-order valence-electron chi connectivity index (χ0n) is 12.1. The molecule has 0 spiro atoms. The van der Waals surface area contributed by atoms with Crippen LogP contribution in [0.25, 0.3) is 0 Å². The molecule has 3 N–H and O–H groups in total. The quantitative estimate of drug-likeness (QED) is 0.732. The maximum atomic E-state index is 11.8. The van der Waals surface area contributed by atoms with E-state index in [9.17, 15) is 14.7 Å². The summed E-state index contributed by atoms with van der Waals surface area (Å²) < 4.78 is 0. The fourth-order valence-electron chi connectivity index (χ4n) is 1.65. The number of para-hydroxylation sites is 1. The number of nitrogens with one attached hydrogen (secondary N) is 2. The van der Waals surface area contributed by atoms with Gasteiger partial charge in [-0.25, -0.2) is 0 Å². The zero-order valence-corrected chi connectivity index (χ0v) is 12.1. The molecule has 1 aromatic carbocycles. The standard InChI is InChI=1S/C15H22N2O3/c1-10(2)9-16-15(20)11(3)17-14(19)8-12-6-4-5-7-13(12)18/h4-7,10-11,18H,8-9H2,1-3H3,(H,16,20)(H,17,19). The molecule has 0 heterocycles. The number of phenolic OH excluding ortho intramolecular Hbond substituents is 1. The molecule has 0 radical (unpaired) electrons. The molecule has 1 atom stereocenters. The van der Waals surface area contributed by atoms with E-state index in [-0.39, 0.29) is 24.0 Å². The van der Waals surface area contributed by atoms with E-state index in [0.29, 0.717) is 18.0 Å². The van der Waals surface area contributed by atoms with Crippen molar-refractivity contribution in [1.29, 1.82) is 0 Å². The van der Waals surface area contributed by atoms with Crippen molar-refractivity contribution in [2.24, 2.45) is 5.92 Å². The summed E-state index contributed by atoms with van der Waals surface area (Å²) in [5, 5.41) is 15.0. The summed E-state index contributed by atoms with van der Waals surface area (Å²) in [6.07, 6.45) is 0.0501. The van der Waals surface area contributed by atoms with Crippen LogP contribution in [0.15, 0.2) is 24.3 Å². The van der Waals surface area contributed by atoms with Crippen molar-refractivity contribution in [2.45, 2.75) is 33.2 Å². The van der Waals surface area contributed by atoms with Gasteiger partial charge in [-0.2, -0.15) is 0 Å². The average molecular weight is 278 g/mol. The summed E-state index contributed by atoms with van der Waals surface area (Å²) in [5.74, 6) is -0.0503. The van der Waals surface area contributed by atoms with Gasteiger partial charge in [0.05, 0.1) is 6.42 Å². The highest BCUT2D eigenvalue weighted by atomic mass is 16.3. The minimum Gasteiger partial charge on any atom is -0.508 e. The molecule has 5 nitrogen and oxygen atoms in total. The summed E-state index contributed by atoms with van der Waals surface area (Å²) in [4.78, 5) is 23.5. The molecular weight excluding hydrogens is 256 g/mol. The topological polar surface area (TPSA) is 78.4 Å². The lowest BCUT2D eigenvalue weighted by atomic mass is 10.1. The third-order valence-electron chi connectivity index (χ3n) is 2.80. The van der Waals surface area contributed by atoms with Crippen molar-refractivity contribution in [3.05, 3.63) is 29.8 Å². The van der Waals surface area contributed by atoms with Crippen molar-refractivity contribution in [2.75, 3.05) is 6.54 Å². The number of carbonyl (C=O) groups excluding carboxylic acids is 2. The summed E-state index contributed by atoms with van der Waals surface area (Å²) in [6.45, 7) is 6.22. The van der Waals surface area contributed by atoms with Crippen LogP contribution in [-0.4, -0.2) is 29.5 Å². The van der Waals surface area contributed by atoms with E-state index in [1.165, 1.54) is 6.07 Å². The second-order valence-electron chi connectivity index (χ2n) is 5.23. The molecule has 2 amide bonds. The lowest BCUT2D eigenvalue weighted by Gasteiger charge is -2.15. The Labute approximate surface area is 119 Å². The van der Waals surface area contributed by atoms with Gasteiger partial charge in [-0.3, -0.25) is 9.59 Å². The first-order valence-corrected chi connectivity index (χ1v) is 6.74. The molecule has 0 aliphatic heterocycles. The molecule has 0 aliphatic carbocycles. The molecule has 0 saturated carbocycles. The van der Waals surface area contributed by atoms with Gasteiger partial charge in [0.25, 0.3) is 0 Å². The van der Waals surface area contributed by atoms with Gasteiger partial charge in [-0.15, -0.1) is 0 Å². The number of hydrogen-bond donors (Lipinski definition) is 3. The lowest BCUT2D eigenvalue weighted by Crippen LogP contribution is -2.46. The van der Waals surface area contributed by atoms with E-state index in [0.717, 1.165) is 0 Å². The molecule has 1 rings (SSSR count). The molecule has 0 aromatic heterocycles. The first-order valence-electron chi connectivity index (χ1n) is 6.74. The monoisotopic (exact) mass is 278 g/mol. The van der Waals surface area contributed by atoms with E-state index < -0.39 is 6.04 Å². The van der Waals surface area contributed by atoms with Gasteiger partial charge >= 0.3 is 0 Å². The second-order valence-corrected chi connectivity index (χ2v) is 5.23. The molecule has 1 unspecified atom stereocenters. The molecule has 0 fully saturated rings. The van der Waals surface area contributed by atoms with E-state index in [1.807, 2.05) is 13.8 Å². The number of aromatic hydroxyl groups is 1. The third-order valence-corrected chi connectivity index (χ3v) is 2.80. The Morgan fingerprint density at radius 1 is 1.20 bits per heavy atom. The fraction of sp³-hybridized carbons (Fsp3) is 0.467. The summed E-state index contributed by atoms with van der Waals surface area (Å²) in [7, 11) is 0. The highest BCUT2D eigenvalue weighted by Crippen LogP contribution is 2.15. The van der Waals surface area contributed by atoms with Gasteiger partial charge in [0.2, 0.25) is 11.8 Å². The molecule has 20 heavy (non-hydrogen) atoms. The predicted octanol–water partition coefficient (Wildman–Crippen LogP) is 1.21. The van der Waals surface area contributed by atoms with Crippen LogP contribution in [-0.2, 0) is 16.0 Å². The Morgan fingerprint density at radius 2 is 1.85 bits per heavy atom. The first kappa shape index (κ1) is 16.0. The molecule has 1 aromatic rings. The number of benzene rings is 1. The molecular formula is C15H22N2O3. The SMILES string of the molecule is CC(C)CNC(=O)C(C)NC(=O)Cc1ccccc1O. The van der Waals surface area contributed by atoms with Crippen LogP contribution in [0.1, 0.15) is 26.3 Å². The Morgan fingerprint density at radius 3 is 2.45 bits per heavy atom. The highest BCUT2D eigenvalue weighted by Gasteiger charge is 2.16. The molecule has 0 saturated heterocycles. The van der Waals surface area contributed by atoms with Crippen LogP contribution in [0, 0.1) is 5.92 Å². The Balaban J connectivity index is 2.46. The molecule has 5 heteroatoms. The number of amides is 2. The number of hydrogen-bond acceptors (Lipinski definition) is 3. The van der Waals surface area contributed by atoms with Gasteiger partial charge in [0, 0.05) is 12.1 Å². The van der Waals surface area contributed by atoms with Crippen LogP contribution in [0.5, 0.6) is 5.75 Å². The van der Waals surface area contributed by atoms with Crippen LogP contribution >= 0.6 is 0 Å². The number of carbonyl (C=O) groups is 2. The zero-order chi connectivity index (χ0) is 15.1. The summed E-state index contributed by atoms with van der Waals surface area (Å²) in [5.41, 5.74) is 0.541. The van der Waals surface area contributed by atoms with Gasteiger partial charge in [-0.05, 0) is 18.9 Å². The van der Waals surface area contributed by atoms with Gasteiger partial charge in [0.15, 0.2) is 0 Å². The average Bonchev–Trinajstić information content (AvgIpc) is 2.38. The largest absolute Gasteiger partial charge is 0.508 e. The first-order chi connectivity index (χ1) is 9.40. The third kappa shape index (κ3) is 5.30. The number of phenols is 1. The lowest BCUT2D eigenvalue weighted by molar-refractivity contribution is -0.128. The molecule has 0 aliphatic rings. The van der Waals surface area contributed by atoms with Gasteiger partial charge in [-0.1, -0.05) is 32.0 Å². The van der Waals surface area contributed by atoms with E-state index >= 15 is 0 Å². The van der Waals surface area contributed by atoms with Crippen molar-refractivity contribution >= 4 is 11.8 Å². The second kappa shape index (κ2) is 7.53. The maximum absolute atomic E-state index is 11.8. The van der Waals surface area contributed by atoms with E-state index in [4.69, 9.17) is 0 Å². The minimum absolute atomic E-state index is 0.0501. The minimum atomic E-state index is -0.591. The molecule has 0 bridgehead atoms. The fourth-order valence-corrected chi connectivity index (χ4v) is 1.65. The van der Waals surface area contributed by atoms with E-state index in [2.05, 4.69) is 10.6 Å². The smallest absolute Gasteiger partial charge is 0.242 e. The summed E-state index contributed by atoms with van der Waals surface area (Å²) in [6, 6.07) is 6.06. The number of rotatable bonds is 6. The van der Waals surface area contributed by atoms with Gasteiger partial charge < -0.3 is 15.7 Å². The van der Waals surface area contributed by atoms with Crippen molar-refractivity contribution in [3.8, 4) is 5.75 Å².